The summed E-state index contributed by atoms with van der Waals surface area (Å²) in [6.45, 7) is 8.30. The maximum absolute atomic E-state index is 11.8. The van der Waals surface area contributed by atoms with Crippen molar-refractivity contribution >= 4 is 10.0 Å². The Hall–Kier alpha value is -0.170. The van der Waals surface area contributed by atoms with E-state index >= 15 is 0 Å². The van der Waals surface area contributed by atoms with Gasteiger partial charge in [-0.1, -0.05) is 13.8 Å². The van der Waals surface area contributed by atoms with E-state index < -0.39 is 10.0 Å². The molecule has 5 nitrogen and oxygen atoms in total. The zero-order valence-corrected chi connectivity index (χ0v) is 13.1. The van der Waals surface area contributed by atoms with E-state index in [-0.39, 0.29) is 11.9 Å². The van der Waals surface area contributed by atoms with Gasteiger partial charge in [0.05, 0.1) is 11.9 Å². The third-order valence-electron chi connectivity index (χ3n) is 3.49. The minimum absolute atomic E-state index is 0.165. The fraction of sp³-hybridized carbons (Fsp3) is 1.00. The maximum atomic E-state index is 11.8. The van der Waals surface area contributed by atoms with Crippen LogP contribution < -0.4 is 10.0 Å². The van der Waals surface area contributed by atoms with Crippen molar-refractivity contribution in [3.05, 3.63) is 0 Å². The highest BCUT2D eigenvalue weighted by atomic mass is 32.2. The molecule has 0 radical (unpaired) electrons. The lowest BCUT2D eigenvalue weighted by Crippen LogP contribution is -2.33. The first kappa shape index (κ1) is 16.9. The molecule has 114 valence electrons. The lowest BCUT2D eigenvalue weighted by atomic mass is 10.0. The minimum Gasteiger partial charge on any atom is -0.378 e. The monoisotopic (exact) mass is 292 g/mol. The largest absolute Gasteiger partial charge is 0.378 e. The summed E-state index contributed by atoms with van der Waals surface area (Å²) in [6, 6.07) is 0.457. The molecular weight excluding hydrogens is 264 g/mol. The van der Waals surface area contributed by atoms with Crippen molar-refractivity contribution in [2.75, 3.05) is 25.4 Å². The van der Waals surface area contributed by atoms with Crippen LogP contribution >= 0.6 is 0 Å². The van der Waals surface area contributed by atoms with Crippen LogP contribution in [0.25, 0.3) is 0 Å². The standard InChI is InChI=1S/C13H28N2O3S/c1-11(2)14-7-4-5-9-19(16,17)15-10-13-6-8-18-12(13)3/h11-15H,4-10H2,1-3H3. The topological polar surface area (TPSA) is 67.4 Å². The van der Waals surface area contributed by atoms with Crippen molar-refractivity contribution in [3.63, 3.8) is 0 Å². The Balaban J connectivity index is 2.13. The van der Waals surface area contributed by atoms with E-state index in [0.29, 0.717) is 24.9 Å². The third-order valence-corrected chi connectivity index (χ3v) is 4.92. The lowest BCUT2D eigenvalue weighted by molar-refractivity contribution is 0.107. The van der Waals surface area contributed by atoms with Crippen LogP contribution in [0.15, 0.2) is 0 Å². The summed E-state index contributed by atoms with van der Waals surface area (Å²) in [5.74, 6) is 0.534. The van der Waals surface area contributed by atoms with E-state index in [9.17, 15) is 8.42 Å². The Morgan fingerprint density at radius 2 is 2.05 bits per heavy atom. The summed E-state index contributed by atoms with van der Waals surface area (Å²) < 4.78 is 31.8. The first-order valence-electron chi connectivity index (χ1n) is 7.23. The number of ether oxygens (including phenoxy) is 1. The molecule has 1 aliphatic heterocycles. The average molecular weight is 292 g/mol. The second kappa shape index (κ2) is 8.19. The van der Waals surface area contributed by atoms with Crippen LogP contribution in [0.4, 0.5) is 0 Å². The molecule has 6 heteroatoms. The van der Waals surface area contributed by atoms with Gasteiger partial charge in [-0.05, 0) is 32.7 Å². The normalized spacial score (nSPS) is 24.2. The van der Waals surface area contributed by atoms with Gasteiger partial charge in [-0.3, -0.25) is 0 Å². The second-order valence-electron chi connectivity index (χ2n) is 5.61. The molecule has 1 rings (SSSR count). The Morgan fingerprint density at radius 1 is 1.32 bits per heavy atom. The maximum Gasteiger partial charge on any atom is 0.211 e. The van der Waals surface area contributed by atoms with Crippen LogP contribution in [0, 0.1) is 5.92 Å². The van der Waals surface area contributed by atoms with Crippen molar-refractivity contribution in [2.45, 2.75) is 52.2 Å². The van der Waals surface area contributed by atoms with Gasteiger partial charge in [0.1, 0.15) is 0 Å². The summed E-state index contributed by atoms with van der Waals surface area (Å²) in [4.78, 5) is 0. The van der Waals surface area contributed by atoms with E-state index in [1.165, 1.54) is 0 Å². The van der Waals surface area contributed by atoms with Crippen LogP contribution in [-0.2, 0) is 14.8 Å². The summed E-state index contributed by atoms with van der Waals surface area (Å²) in [5, 5.41) is 3.28. The summed E-state index contributed by atoms with van der Waals surface area (Å²) in [6.07, 6.45) is 2.70. The number of sulfonamides is 1. The predicted molar refractivity (Wildman–Crippen MR) is 77.7 cm³/mol. The highest BCUT2D eigenvalue weighted by Gasteiger charge is 2.25. The van der Waals surface area contributed by atoms with Crippen molar-refractivity contribution in [1.82, 2.24) is 10.0 Å². The van der Waals surface area contributed by atoms with Crippen molar-refractivity contribution in [3.8, 4) is 0 Å². The zero-order valence-electron chi connectivity index (χ0n) is 12.3. The SMILES string of the molecule is CC(C)NCCCCS(=O)(=O)NCC1CCOC1C. The van der Waals surface area contributed by atoms with Crippen molar-refractivity contribution in [1.29, 1.82) is 0 Å². The molecule has 0 aromatic heterocycles. The van der Waals surface area contributed by atoms with Crippen LogP contribution in [0.2, 0.25) is 0 Å². The Bertz CT molecular complexity index is 344. The molecule has 0 saturated carbocycles. The lowest BCUT2D eigenvalue weighted by Gasteiger charge is -2.15. The molecule has 1 saturated heterocycles. The molecular formula is C13H28N2O3S. The van der Waals surface area contributed by atoms with Gasteiger partial charge in [0.2, 0.25) is 10.0 Å². The molecule has 0 aromatic rings. The molecule has 1 heterocycles. The van der Waals surface area contributed by atoms with Crippen LogP contribution in [0.5, 0.6) is 0 Å². The molecule has 2 atom stereocenters. The van der Waals surface area contributed by atoms with E-state index in [4.69, 9.17) is 4.74 Å². The van der Waals surface area contributed by atoms with Gasteiger partial charge < -0.3 is 10.1 Å². The molecule has 19 heavy (non-hydrogen) atoms. The van der Waals surface area contributed by atoms with E-state index in [1.807, 2.05) is 6.92 Å². The number of nitrogens with one attached hydrogen (secondary N) is 2. The third kappa shape index (κ3) is 7.25. The molecule has 0 spiro atoms. The van der Waals surface area contributed by atoms with Gasteiger partial charge in [0.25, 0.3) is 0 Å². The van der Waals surface area contributed by atoms with Crippen LogP contribution in [0.3, 0.4) is 0 Å². The Morgan fingerprint density at radius 3 is 2.63 bits per heavy atom. The molecule has 1 fully saturated rings. The molecule has 0 aliphatic carbocycles. The molecule has 0 bridgehead atoms. The van der Waals surface area contributed by atoms with Crippen molar-refractivity contribution < 1.29 is 13.2 Å². The quantitative estimate of drug-likeness (QED) is 0.625. The number of hydrogen-bond acceptors (Lipinski definition) is 4. The van der Waals surface area contributed by atoms with Crippen molar-refractivity contribution in [2.24, 2.45) is 5.92 Å². The Kier molecular flexibility index (Phi) is 7.28. The molecule has 1 aliphatic rings. The first-order valence-corrected chi connectivity index (χ1v) is 8.88. The van der Waals surface area contributed by atoms with Crippen LogP contribution in [-0.4, -0.2) is 46.0 Å². The fourth-order valence-corrected chi connectivity index (χ4v) is 3.35. The average Bonchev–Trinajstić information content (AvgIpc) is 2.71. The van der Waals surface area contributed by atoms with Gasteiger partial charge in [-0.25, -0.2) is 13.1 Å². The van der Waals surface area contributed by atoms with Crippen LogP contribution in [0.1, 0.15) is 40.0 Å². The van der Waals surface area contributed by atoms with E-state index in [0.717, 1.165) is 26.0 Å². The molecule has 0 aromatic carbocycles. The summed E-state index contributed by atoms with van der Waals surface area (Å²) in [7, 11) is -3.13. The van der Waals surface area contributed by atoms with E-state index in [1.54, 1.807) is 0 Å². The number of unbranched alkanes of at least 4 members (excludes halogenated alkanes) is 1. The second-order valence-corrected chi connectivity index (χ2v) is 7.53. The molecule has 2 N–H and O–H groups in total. The first-order chi connectivity index (χ1) is 8.91. The highest BCUT2D eigenvalue weighted by Crippen LogP contribution is 2.19. The number of rotatable bonds is 9. The minimum atomic E-state index is -3.13. The Labute approximate surface area is 117 Å². The van der Waals surface area contributed by atoms with Gasteiger partial charge in [0, 0.05) is 25.1 Å². The van der Waals surface area contributed by atoms with Gasteiger partial charge in [-0.2, -0.15) is 0 Å². The zero-order chi connectivity index (χ0) is 14.3. The molecule has 0 amide bonds. The van der Waals surface area contributed by atoms with Gasteiger partial charge >= 0.3 is 0 Å². The fourth-order valence-electron chi connectivity index (χ4n) is 2.16. The van der Waals surface area contributed by atoms with Gasteiger partial charge in [-0.15, -0.1) is 0 Å². The summed E-state index contributed by atoms with van der Waals surface area (Å²) in [5.41, 5.74) is 0. The predicted octanol–water partition coefficient (Wildman–Crippen LogP) is 1.11. The molecule has 2 unspecified atom stereocenters. The highest BCUT2D eigenvalue weighted by molar-refractivity contribution is 7.89. The summed E-state index contributed by atoms with van der Waals surface area (Å²) >= 11 is 0. The smallest absolute Gasteiger partial charge is 0.211 e. The van der Waals surface area contributed by atoms with Gasteiger partial charge in [0.15, 0.2) is 0 Å². The van der Waals surface area contributed by atoms with E-state index in [2.05, 4.69) is 23.9 Å². The number of hydrogen-bond donors (Lipinski definition) is 2.